The van der Waals surface area contributed by atoms with Crippen LogP contribution < -0.4 is 10.6 Å². The van der Waals surface area contributed by atoms with Gasteiger partial charge in [-0.05, 0) is 45.5 Å². The highest BCUT2D eigenvalue weighted by molar-refractivity contribution is 5.42. The van der Waals surface area contributed by atoms with Gasteiger partial charge in [-0.3, -0.25) is 0 Å². The Balaban J connectivity index is 2.13. The van der Waals surface area contributed by atoms with E-state index in [1.165, 1.54) is 12.8 Å². The molecular formula is C14H24N4. The van der Waals surface area contributed by atoms with E-state index in [4.69, 9.17) is 5.73 Å². The summed E-state index contributed by atoms with van der Waals surface area (Å²) in [5, 5.41) is 0. The Kier molecular flexibility index (Phi) is 4.19. The molecule has 1 unspecified atom stereocenters. The van der Waals surface area contributed by atoms with Gasteiger partial charge in [-0.2, -0.15) is 0 Å². The first-order chi connectivity index (χ1) is 8.61. The molecular weight excluding hydrogens is 224 g/mol. The Bertz CT molecular complexity index is 403. The van der Waals surface area contributed by atoms with Gasteiger partial charge in [-0.25, -0.2) is 4.98 Å². The molecule has 1 saturated heterocycles. The van der Waals surface area contributed by atoms with Gasteiger partial charge in [0.1, 0.15) is 5.82 Å². The zero-order valence-electron chi connectivity index (χ0n) is 11.7. The van der Waals surface area contributed by atoms with E-state index in [2.05, 4.69) is 41.0 Å². The topological polar surface area (TPSA) is 45.4 Å². The highest BCUT2D eigenvalue weighted by atomic mass is 15.2. The van der Waals surface area contributed by atoms with Crippen LogP contribution in [0.15, 0.2) is 12.1 Å². The summed E-state index contributed by atoms with van der Waals surface area (Å²) in [6.45, 7) is 4.79. The summed E-state index contributed by atoms with van der Waals surface area (Å²) in [5.74, 6) is 1.09. The molecule has 0 bridgehead atoms. The molecule has 1 aromatic rings. The van der Waals surface area contributed by atoms with Crippen molar-refractivity contribution in [3.8, 4) is 0 Å². The lowest BCUT2D eigenvalue weighted by Crippen LogP contribution is -2.45. The molecule has 0 spiro atoms. The van der Waals surface area contributed by atoms with Gasteiger partial charge in [0, 0.05) is 31.4 Å². The van der Waals surface area contributed by atoms with Crippen LogP contribution in [0.25, 0.3) is 0 Å². The quantitative estimate of drug-likeness (QED) is 0.878. The van der Waals surface area contributed by atoms with Crippen LogP contribution in [0.2, 0.25) is 0 Å². The number of likely N-dealkylation sites (N-methyl/N-ethyl adjacent to an activating group) is 1. The fraction of sp³-hybridized carbons (Fsp3) is 0.643. The third-order valence-electron chi connectivity index (χ3n) is 3.85. The highest BCUT2D eigenvalue weighted by Crippen LogP contribution is 2.21. The number of pyridine rings is 1. The minimum absolute atomic E-state index is 0.569. The number of piperidine rings is 1. The van der Waals surface area contributed by atoms with Crippen LogP contribution in [0.3, 0.4) is 0 Å². The normalized spacial score (nSPS) is 20.5. The van der Waals surface area contributed by atoms with E-state index in [0.29, 0.717) is 12.6 Å². The van der Waals surface area contributed by atoms with E-state index in [1.807, 2.05) is 6.92 Å². The number of hydrogen-bond acceptors (Lipinski definition) is 4. The summed E-state index contributed by atoms with van der Waals surface area (Å²) in [6, 6.07) is 4.85. The molecule has 0 aromatic carbocycles. The minimum Gasteiger partial charge on any atom is -0.355 e. The first-order valence-corrected chi connectivity index (χ1v) is 6.69. The standard InChI is InChI=1S/C14H24N4/c1-11-12(9-15)6-7-14(16-11)18-8-4-5-13(10-18)17(2)3/h6-7,13H,4-5,8-10,15H2,1-3H3. The van der Waals surface area contributed by atoms with Gasteiger partial charge >= 0.3 is 0 Å². The van der Waals surface area contributed by atoms with Gasteiger partial charge in [0.05, 0.1) is 0 Å². The molecule has 100 valence electrons. The average molecular weight is 248 g/mol. The van der Waals surface area contributed by atoms with Crippen LogP contribution >= 0.6 is 0 Å². The maximum Gasteiger partial charge on any atom is 0.128 e. The predicted octanol–water partition coefficient (Wildman–Crippen LogP) is 1.38. The number of aryl methyl sites for hydroxylation is 1. The smallest absolute Gasteiger partial charge is 0.128 e. The molecule has 1 aliphatic rings. The molecule has 1 aliphatic heterocycles. The molecule has 0 radical (unpaired) electrons. The van der Waals surface area contributed by atoms with Crippen molar-refractivity contribution in [1.82, 2.24) is 9.88 Å². The Morgan fingerprint density at radius 1 is 1.44 bits per heavy atom. The van der Waals surface area contributed by atoms with E-state index in [1.54, 1.807) is 0 Å². The van der Waals surface area contributed by atoms with Crippen molar-refractivity contribution in [1.29, 1.82) is 0 Å². The number of nitrogens with zero attached hydrogens (tertiary/aromatic N) is 3. The second kappa shape index (κ2) is 5.67. The monoisotopic (exact) mass is 248 g/mol. The fourth-order valence-electron chi connectivity index (χ4n) is 2.55. The van der Waals surface area contributed by atoms with Crippen molar-refractivity contribution in [3.05, 3.63) is 23.4 Å². The molecule has 1 fully saturated rings. The van der Waals surface area contributed by atoms with Crippen molar-refractivity contribution in [2.45, 2.75) is 32.4 Å². The van der Waals surface area contributed by atoms with E-state index in [-0.39, 0.29) is 0 Å². The number of rotatable bonds is 3. The zero-order chi connectivity index (χ0) is 13.1. The third kappa shape index (κ3) is 2.82. The SMILES string of the molecule is Cc1nc(N2CCCC(N(C)C)C2)ccc1CN. The van der Waals surface area contributed by atoms with Crippen LogP contribution in [-0.4, -0.2) is 43.1 Å². The molecule has 0 amide bonds. The summed E-state index contributed by atoms with van der Waals surface area (Å²) in [5.41, 5.74) is 7.88. The number of nitrogens with two attached hydrogens (primary N) is 1. The van der Waals surface area contributed by atoms with E-state index in [9.17, 15) is 0 Å². The van der Waals surface area contributed by atoms with Gasteiger partial charge < -0.3 is 15.5 Å². The lowest BCUT2D eigenvalue weighted by atomic mass is 10.0. The summed E-state index contributed by atoms with van der Waals surface area (Å²) in [6.07, 6.45) is 2.52. The lowest BCUT2D eigenvalue weighted by molar-refractivity contribution is 0.257. The van der Waals surface area contributed by atoms with Crippen molar-refractivity contribution in [2.75, 3.05) is 32.1 Å². The Morgan fingerprint density at radius 3 is 2.83 bits per heavy atom. The molecule has 4 heteroatoms. The first kappa shape index (κ1) is 13.3. The molecule has 2 heterocycles. The molecule has 18 heavy (non-hydrogen) atoms. The van der Waals surface area contributed by atoms with E-state index >= 15 is 0 Å². The summed E-state index contributed by atoms with van der Waals surface area (Å²) in [4.78, 5) is 9.39. The van der Waals surface area contributed by atoms with Crippen LogP contribution in [0.5, 0.6) is 0 Å². The number of aromatic nitrogens is 1. The molecule has 2 N–H and O–H groups in total. The summed E-state index contributed by atoms with van der Waals surface area (Å²) >= 11 is 0. The first-order valence-electron chi connectivity index (χ1n) is 6.69. The van der Waals surface area contributed by atoms with Gasteiger partial charge in [0.25, 0.3) is 0 Å². The lowest BCUT2D eigenvalue weighted by Gasteiger charge is -2.37. The molecule has 1 aromatic heterocycles. The maximum absolute atomic E-state index is 5.68. The third-order valence-corrected chi connectivity index (χ3v) is 3.85. The van der Waals surface area contributed by atoms with Gasteiger partial charge in [0.15, 0.2) is 0 Å². The molecule has 0 aliphatic carbocycles. The maximum atomic E-state index is 5.68. The minimum atomic E-state index is 0.569. The van der Waals surface area contributed by atoms with Gasteiger partial charge in [0.2, 0.25) is 0 Å². The van der Waals surface area contributed by atoms with Crippen molar-refractivity contribution in [2.24, 2.45) is 5.73 Å². The highest BCUT2D eigenvalue weighted by Gasteiger charge is 2.22. The van der Waals surface area contributed by atoms with Crippen molar-refractivity contribution >= 4 is 5.82 Å². The molecule has 2 rings (SSSR count). The van der Waals surface area contributed by atoms with Gasteiger partial charge in [-0.15, -0.1) is 0 Å². The molecule has 1 atom stereocenters. The van der Waals surface area contributed by atoms with Crippen molar-refractivity contribution < 1.29 is 0 Å². The largest absolute Gasteiger partial charge is 0.355 e. The molecule has 0 saturated carbocycles. The average Bonchev–Trinajstić information content (AvgIpc) is 2.38. The predicted molar refractivity (Wildman–Crippen MR) is 75.8 cm³/mol. The van der Waals surface area contributed by atoms with Crippen LogP contribution in [0, 0.1) is 6.92 Å². The van der Waals surface area contributed by atoms with Crippen molar-refractivity contribution in [3.63, 3.8) is 0 Å². The van der Waals surface area contributed by atoms with E-state index < -0.39 is 0 Å². The Morgan fingerprint density at radius 2 is 2.22 bits per heavy atom. The van der Waals surface area contributed by atoms with Crippen LogP contribution in [-0.2, 0) is 6.54 Å². The van der Waals surface area contributed by atoms with Crippen LogP contribution in [0.4, 0.5) is 5.82 Å². The molecule has 4 nitrogen and oxygen atoms in total. The Labute approximate surface area is 110 Å². The second-order valence-corrected chi connectivity index (χ2v) is 5.32. The Hall–Kier alpha value is -1.13. The summed E-state index contributed by atoms with van der Waals surface area (Å²) in [7, 11) is 4.31. The second-order valence-electron chi connectivity index (χ2n) is 5.32. The fourth-order valence-corrected chi connectivity index (χ4v) is 2.55. The van der Waals surface area contributed by atoms with Gasteiger partial charge in [-0.1, -0.05) is 6.07 Å². The zero-order valence-corrected chi connectivity index (χ0v) is 11.7. The van der Waals surface area contributed by atoms with E-state index in [0.717, 1.165) is 30.2 Å². The number of anilines is 1. The van der Waals surface area contributed by atoms with Crippen LogP contribution in [0.1, 0.15) is 24.1 Å². The number of hydrogen-bond donors (Lipinski definition) is 1. The summed E-state index contributed by atoms with van der Waals surface area (Å²) < 4.78 is 0.